The monoisotopic (exact) mass is 298 g/mol. The summed E-state index contributed by atoms with van der Waals surface area (Å²) in [5.41, 5.74) is 0. The second kappa shape index (κ2) is 8.65. The molecule has 0 aromatic rings. The van der Waals surface area contributed by atoms with Gasteiger partial charge < -0.3 is 10.6 Å². The van der Waals surface area contributed by atoms with Gasteiger partial charge in [-0.05, 0) is 51.8 Å². The maximum absolute atomic E-state index is 3.85. The van der Waals surface area contributed by atoms with Gasteiger partial charge in [0.15, 0.2) is 0 Å². The zero-order valence-corrected chi connectivity index (χ0v) is 14.4. The molecule has 0 amide bonds. The minimum absolute atomic E-state index is 0.531. The van der Waals surface area contributed by atoms with Gasteiger partial charge in [-0.2, -0.15) is 11.8 Å². The fraction of sp³-hybridized carbons (Fsp3) is 1.00. The maximum atomic E-state index is 3.85. The summed E-state index contributed by atoms with van der Waals surface area (Å²) in [7, 11) is 0. The highest BCUT2D eigenvalue weighted by atomic mass is 32.2. The van der Waals surface area contributed by atoms with Crippen LogP contribution >= 0.6 is 11.8 Å². The van der Waals surface area contributed by atoms with E-state index in [1.165, 1.54) is 77.3 Å². The summed E-state index contributed by atoms with van der Waals surface area (Å²) in [5.74, 6) is 0. The fourth-order valence-corrected chi connectivity index (χ4v) is 4.75. The van der Waals surface area contributed by atoms with Gasteiger partial charge in [0.1, 0.15) is 0 Å². The Morgan fingerprint density at radius 3 is 2.65 bits per heavy atom. The van der Waals surface area contributed by atoms with Crippen LogP contribution in [0.4, 0.5) is 0 Å². The van der Waals surface area contributed by atoms with Crippen molar-refractivity contribution in [2.24, 2.45) is 0 Å². The molecule has 0 aromatic carbocycles. The summed E-state index contributed by atoms with van der Waals surface area (Å²) in [6.45, 7) is 4.82. The summed E-state index contributed by atoms with van der Waals surface area (Å²) in [6, 6.07) is 1.40. The molecule has 2 N–H and O–H groups in total. The molecule has 0 bridgehead atoms. The van der Waals surface area contributed by atoms with E-state index in [1.807, 2.05) is 0 Å². The van der Waals surface area contributed by atoms with Crippen molar-refractivity contribution >= 4 is 11.8 Å². The topological polar surface area (TPSA) is 24.1 Å². The Labute approximate surface area is 130 Å². The van der Waals surface area contributed by atoms with Gasteiger partial charge in [-0.15, -0.1) is 0 Å². The Morgan fingerprint density at radius 1 is 1.15 bits per heavy atom. The lowest BCUT2D eigenvalue weighted by atomic mass is 9.88. The Bertz CT molecular complexity index is 256. The van der Waals surface area contributed by atoms with Gasteiger partial charge in [-0.25, -0.2) is 0 Å². The first kappa shape index (κ1) is 16.6. The summed E-state index contributed by atoms with van der Waals surface area (Å²) < 4.78 is 0.531. The van der Waals surface area contributed by atoms with E-state index in [4.69, 9.17) is 0 Å². The highest BCUT2D eigenvalue weighted by Crippen LogP contribution is 2.38. The van der Waals surface area contributed by atoms with E-state index in [0.29, 0.717) is 10.8 Å². The largest absolute Gasteiger partial charge is 0.314 e. The van der Waals surface area contributed by atoms with E-state index in [2.05, 4.69) is 35.6 Å². The molecule has 0 spiro atoms. The van der Waals surface area contributed by atoms with Crippen molar-refractivity contribution in [3.63, 3.8) is 0 Å². The molecule has 1 saturated heterocycles. The van der Waals surface area contributed by atoms with Crippen molar-refractivity contribution in [3.05, 3.63) is 0 Å². The summed E-state index contributed by atoms with van der Waals surface area (Å²) in [4.78, 5) is 0. The third-order valence-corrected chi connectivity index (χ3v) is 6.69. The van der Waals surface area contributed by atoms with Crippen molar-refractivity contribution in [2.45, 2.75) is 88.0 Å². The highest BCUT2D eigenvalue weighted by Gasteiger charge is 2.31. The molecule has 118 valence electrons. The number of thioether (sulfide) groups is 1. The van der Waals surface area contributed by atoms with Crippen LogP contribution in [0.25, 0.3) is 0 Å². The number of hydrogen-bond donors (Lipinski definition) is 2. The summed E-state index contributed by atoms with van der Waals surface area (Å²) in [5, 5.41) is 7.58. The second-order valence-corrected chi connectivity index (χ2v) is 8.24. The van der Waals surface area contributed by atoms with Gasteiger partial charge in [0.05, 0.1) is 0 Å². The van der Waals surface area contributed by atoms with Crippen molar-refractivity contribution in [1.29, 1.82) is 0 Å². The molecule has 1 aliphatic carbocycles. The van der Waals surface area contributed by atoms with Crippen molar-refractivity contribution in [2.75, 3.05) is 19.3 Å². The molecule has 1 heterocycles. The first-order valence-electron chi connectivity index (χ1n) is 8.76. The zero-order valence-electron chi connectivity index (χ0n) is 13.5. The lowest BCUT2D eigenvalue weighted by Gasteiger charge is -2.37. The molecule has 2 unspecified atom stereocenters. The minimum atomic E-state index is 0.531. The first-order valence-corrected chi connectivity index (χ1v) is 9.98. The van der Waals surface area contributed by atoms with E-state index >= 15 is 0 Å². The van der Waals surface area contributed by atoms with Gasteiger partial charge >= 0.3 is 0 Å². The zero-order chi connectivity index (χ0) is 14.3. The molecular formula is C17H34N2S. The van der Waals surface area contributed by atoms with Crippen LogP contribution in [-0.2, 0) is 0 Å². The predicted octanol–water partition coefficient (Wildman–Crippen LogP) is 3.95. The lowest BCUT2D eigenvalue weighted by molar-refractivity contribution is 0.344. The minimum Gasteiger partial charge on any atom is -0.314 e. The van der Waals surface area contributed by atoms with Crippen LogP contribution in [0.2, 0.25) is 0 Å². The van der Waals surface area contributed by atoms with Crippen LogP contribution in [-0.4, -0.2) is 36.2 Å². The first-order chi connectivity index (χ1) is 9.74. The van der Waals surface area contributed by atoms with Crippen molar-refractivity contribution in [3.8, 4) is 0 Å². The molecule has 20 heavy (non-hydrogen) atoms. The number of nitrogens with one attached hydrogen (secondary N) is 2. The number of rotatable bonds is 6. The van der Waals surface area contributed by atoms with Gasteiger partial charge in [-0.1, -0.05) is 32.1 Å². The Hall–Kier alpha value is 0.270. The van der Waals surface area contributed by atoms with E-state index in [0.717, 1.165) is 6.04 Å². The third-order valence-electron chi connectivity index (χ3n) is 5.27. The van der Waals surface area contributed by atoms with E-state index in [1.54, 1.807) is 0 Å². The molecular weight excluding hydrogens is 264 g/mol. The van der Waals surface area contributed by atoms with Crippen LogP contribution < -0.4 is 10.6 Å². The van der Waals surface area contributed by atoms with Gasteiger partial charge in [0.25, 0.3) is 0 Å². The van der Waals surface area contributed by atoms with E-state index in [-0.39, 0.29) is 0 Å². The Kier molecular flexibility index (Phi) is 7.20. The quantitative estimate of drug-likeness (QED) is 0.776. The normalized spacial score (nSPS) is 28.8. The Balaban J connectivity index is 1.71. The SMILES string of the molecule is CSC1(CNC(C)CC2CCCCCN2)CCCCC1. The fourth-order valence-electron chi connectivity index (χ4n) is 3.82. The van der Waals surface area contributed by atoms with Gasteiger partial charge in [0, 0.05) is 23.4 Å². The molecule has 2 fully saturated rings. The average Bonchev–Trinajstić information content (AvgIpc) is 2.75. The lowest BCUT2D eigenvalue weighted by Crippen LogP contribution is -2.44. The Morgan fingerprint density at radius 2 is 1.90 bits per heavy atom. The van der Waals surface area contributed by atoms with Gasteiger partial charge in [-0.3, -0.25) is 0 Å². The number of hydrogen-bond acceptors (Lipinski definition) is 3. The molecule has 1 aliphatic heterocycles. The summed E-state index contributed by atoms with van der Waals surface area (Å²) >= 11 is 2.11. The van der Waals surface area contributed by atoms with Crippen molar-refractivity contribution in [1.82, 2.24) is 10.6 Å². The van der Waals surface area contributed by atoms with Crippen LogP contribution in [0.1, 0.15) is 71.1 Å². The predicted molar refractivity (Wildman–Crippen MR) is 91.7 cm³/mol. The average molecular weight is 299 g/mol. The molecule has 2 nitrogen and oxygen atoms in total. The van der Waals surface area contributed by atoms with E-state index in [9.17, 15) is 0 Å². The van der Waals surface area contributed by atoms with Crippen LogP contribution in [0.15, 0.2) is 0 Å². The molecule has 2 rings (SSSR count). The molecule has 1 saturated carbocycles. The van der Waals surface area contributed by atoms with Crippen LogP contribution in [0.3, 0.4) is 0 Å². The molecule has 2 atom stereocenters. The standard InChI is InChI=1S/C17H34N2S/c1-15(13-16-9-5-3-8-12-18-16)19-14-17(20-2)10-6-4-7-11-17/h15-16,18-19H,3-14H2,1-2H3. The molecule has 0 radical (unpaired) electrons. The smallest absolute Gasteiger partial charge is 0.0281 e. The third kappa shape index (κ3) is 5.23. The van der Waals surface area contributed by atoms with Crippen LogP contribution in [0, 0.1) is 0 Å². The highest BCUT2D eigenvalue weighted by molar-refractivity contribution is 8.00. The van der Waals surface area contributed by atoms with Gasteiger partial charge in [0.2, 0.25) is 0 Å². The summed E-state index contributed by atoms with van der Waals surface area (Å²) in [6.07, 6.45) is 16.3. The molecule has 2 aliphatic rings. The van der Waals surface area contributed by atoms with Crippen molar-refractivity contribution < 1.29 is 0 Å². The van der Waals surface area contributed by atoms with Crippen LogP contribution in [0.5, 0.6) is 0 Å². The van der Waals surface area contributed by atoms with E-state index < -0.39 is 0 Å². The maximum Gasteiger partial charge on any atom is 0.0281 e. The molecule has 0 aromatic heterocycles. The second-order valence-electron chi connectivity index (χ2n) is 6.97. The molecule has 3 heteroatoms.